The van der Waals surface area contributed by atoms with E-state index in [4.69, 9.17) is 9.84 Å². The van der Waals surface area contributed by atoms with E-state index in [0.717, 1.165) is 19.3 Å². The number of carboxylic acid groups (broad SMARTS) is 1. The van der Waals surface area contributed by atoms with Crippen LogP contribution in [0.15, 0.2) is 48.5 Å². The first kappa shape index (κ1) is 22.4. The molecule has 2 aromatic rings. The fourth-order valence-electron chi connectivity index (χ4n) is 5.76. The molecular weight excluding hydrogens is 432 g/mol. The summed E-state index contributed by atoms with van der Waals surface area (Å²) in [5.41, 5.74) is 4.76. The number of carbonyl (C=O) groups is 3. The Hall–Kier alpha value is -3.35. The van der Waals surface area contributed by atoms with Crippen molar-refractivity contribution in [2.75, 3.05) is 19.7 Å². The van der Waals surface area contributed by atoms with Crippen LogP contribution in [0, 0.1) is 11.8 Å². The zero-order chi connectivity index (χ0) is 23.7. The van der Waals surface area contributed by atoms with Gasteiger partial charge >= 0.3 is 12.1 Å². The summed E-state index contributed by atoms with van der Waals surface area (Å²) < 4.78 is 5.65. The molecule has 0 bridgehead atoms. The van der Waals surface area contributed by atoms with Crippen molar-refractivity contribution in [3.63, 3.8) is 0 Å². The van der Waals surface area contributed by atoms with Gasteiger partial charge in [-0.2, -0.15) is 0 Å². The molecule has 3 atom stereocenters. The SMILES string of the molecule is O=C(N[C@@H]1CC[C@H](CC(=O)N2CCC(C(=O)O)C2)C1)OCC1c2ccccc2-c2ccccc21. The Labute approximate surface area is 199 Å². The molecule has 1 saturated carbocycles. The predicted molar refractivity (Wildman–Crippen MR) is 126 cm³/mol. The van der Waals surface area contributed by atoms with Crippen molar-refractivity contribution < 1.29 is 24.2 Å². The highest BCUT2D eigenvalue weighted by Gasteiger charge is 2.34. The van der Waals surface area contributed by atoms with Gasteiger partial charge in [-0.15, -0.1) is 0 Å². The van der Waals surface area contributed by atoms with Gasteiger partial charge in [0.05, 0.1) is 5.92 Å². The van der Waals surface area contributed by atoms with Gasteiger partial charge in [0.2, 0.25) is 5.91 Å². The maximum atomic E-state index is 12.6. The number of alkyl carbamates (subject to hydrolysis) is 1. The number of rotatable bonds is 6. The Morgan fingerprint density at radius 3 is 2.29 bits per heavy atom. The van der Waals surface area contributed by atoms with Gasteiger partial charge in [0, 0.05) is 31.5 Å². The van der Waals surface area contributed by atoms with E-state index in [0.29, 0.717) is 25.9 Å². The lowest BCUT2D eigenvalue weighted by atomic mass is 9.98. The van der Waals surface area contributed by atoms with Gasteiger partial charge < -0.3 is 20.1 Å². The molecule has 5 rings (SSSR count). The summed E-state index contributed by atoms with van der Waals surface area (Å²) in [6.45, 7) is 1.11. The zero-order valence-corrected chi connectivity index (χ0v) is 19.1. The van der Waals surface area contributed by atoms with Gasteiger partial charge in [-0.25, -0.2) is 4.79 Å². The number of likely N-dealkylation sites (tertiary alicyclic amines) is 1. The van der Waals surface area contributed by atoms with Crippen LogP contribution in [0.5, 0.6) is 0 Å². The molecule has 7 heteroatoms. The Morgan fingerprint density at radius 1 is 0.971 bits per heavy atom. The van der Waals surface area contributed by atoms with Gasteiger partial charge in [-0.05, 0) is 53.9 Å². The summed E-state index contributed by atoms with van der Waals surface area (Å²) in [7, 11) is 0. The van der Waals surface area contributed by atoms with Crippen LogP contribution in [0.3, 0.4) is 0 Å². The average molecular weight is 463 g/mol. The van der Waals surface area contributed by atoms with Crippen molar-refractivity contribution in [1.29, 1.82) is 0 Å². The number of benzene rings is 2. The highest BCUT2D eigenvalue weighted by Crippen LogP contribution is 2.44. The van der Waals surface area contributed by atoms with E-state index >= 15 is 0 Å². The fourth-order valence-corrected chi connectivity index (χ4v) is 5.76. The molecular formula is C27H30N2O5. The Bertz CT molecular complexity index is 1050. The van der Waals surface area contributed by atoms with Crippen LogP contribution in [0.1, 0.15) is 49.1 Å². The van der Waals surface area contributed by atoms with Gasteiger partial charge in [-0.3, -0.25) is 9.59 Å². The molecule has 3 aliphatic rings. The second-order valence-electron chi connectivity index (χ2n) is 9.71. The number of amides is 2. The number of carbonyl (C=O) groups excluding carboxylic acids is 2. The van der Waals surface area contributed by atoms with Crippen LogP contribution in [-0.4, -0.2) is 53.7 Å². The summed E-state index contributed by atoms with van der Waals surface area (Å²) in [5.74, 6) is -1.02. The molecule has 34 heavy (non-hydrogen) atoms. The Morgan fingerprint density at radius 2 is 1.65 bits per heavy atom. The van der Waals surface area contributed by atoms with E-state index in [1.165, 1.54) is 22.3 Å². The lowest BCUT2D eigenvalue weighted by Crippen LogP contribution is -2.35. The van der Waals surface area contributed by atoms with E-state index in [1.807, 2.05) is 24.3 Å². The third-order valence-corrected chi connectivity index (χ3v) is 7.56. The van der Waals surface area contributed by atoms with Gasteiger partial charge in [0.15, 0.2) is 0 Å². The van der Waals surface area contributed by atoms with Crippen molar-refractivity contribution >= 4 is 18.0 Å². The van der Waals surface area contributed by atoms with Crippen molar-refractivity contribution in [2.45, 2.75) is 44.1 Å². The normalized spacial score (nSPS) is 23.4. The van der Waals surface area contributed by atoms with Crippen molar-refractivity contribution in [3.05, 3.63) is 59.7 Å². The van der Waals surface area contributed by atoms with Gasteiger partial charge in [0.1, 0.15) is 6.61 Å². The molecule has 2 amide bonds. The quantitative estimate of drug-likeness (QED) is 0.676. The topological polar surface area (TPSA) is 95.9 Å². The van der Waals surface area contributed by atoms with E-state index < -0.39 is 18.0 Å². The monoisotopic (exact) mass is 462 g/mol. The van der Waals surface area contributed by atoms with Crippen LogP contribution in [-0.2, 0) is 14.3 Å². The fraction of sp³-hybridized carbons (Fsp3) is 0.444. The second kappa shape index (κ2) is 9.49. The van der Waals surface area contributed by atoms with E-state index in [1.54, 1.807) is 4.90 Å². The van der Waals surface area contributed by atoms with Crippen LogP contribution in [0.25, 0.3) is 11.1 Å². The molecule has 1 saturated heterocycles. The van der Waals surface area contributed by atoms with Gasteiger partial charge in [-0.1, -0.05) is 48.5 Å². The third kappa shape index (κ3) is 4.52. The first-order valence-electron chi connectivity index (χ1n) is 12.1. The predicted octanol–water partition coefficient (Wildman–Crippen LogP) is 4.02. The molecule has 2 aromatic carbocycles. The number of carboxylic acids is 1. The Balaban J connectivity index is 1.10. The molecule has 0 radical (unpaired) electrons. The Kier molecular flexibility index (Phi) is 6.26. The second-order valence-corrected chi connectivity index (χ2v) is 9.71. The zero-order valence-electron chi connectivity index (χ0n) is 19.1. The smallest absolute Gasteiger partial charge is 0.407 e. The van der Waals surface area contributed by atoms with Crippen molar-refractivity contribution in [3.8, 4) is 11.1 Å². The molecule has 2 N–H and O–H groups in total. The van der Waals surface area contributed by atoms with Gasteiger partial charge in [0.25, 0.3) is 0 Å². The molecule has 0 aromatic heterocycles. The molecule has 7 nitrogen and oxygen atoms in total. The maximum absolute atomic E-state index is 12.6. The lowest BCUT2D eigenvalue weighted by molar-refractivity contribution is -0.141. The summed E-state index contributed by atoms with van der Waals surface area (Å²) in [6.07, 6.45) is 2.96. The first-order chi connectivity index (χ1) is 16.5. The standard InChI is InChI=1S/C27H30N2O5/c30-25(29-12-11-18(15-29)26(31)32)14-17-9-10-19(13-17)28-27(33)34-16-24-22-7-3-1-5-20(22)21-6-2-4-8-23(21)24/h1-8,17-19,24H,9-16H2,(H,28,33)(H,31,32)/t17-,18?,19+/m0/s1. The van der Waals surface area contributed by atoms with Crippen LogP contribution < -0.4 is 5.32 Å². The minimum Gasteiger partial charge on any atom is -0.481 e. The number of nitrogens with zero attached hydrogens (tertiary/aromatic N) is 1. The van der Waals surface area contributed by atoms with Crippen LogP contribution >= 0.6 is 0 Å². The molecule has 1 aliphatic heterocycles. The van der Waals surface area contributed by atoms with E-state index in [9.17, 15) is 14.4 Å². The summed E-state index contributed by atoms with van der Waals surface area (Å²) >= 11 is 0. The highest BCUT2D eigenvalue weighted by atomic mass is 16.5. The minimum atomic E-state index is -0.830. The third-order valence-electron chi connectivity index (χ3n) is 7.56. The van der Waals surface area contributed by atoms with E-state index in [-0.39, 0.29) is 30.4 Å². The lowest BCUT2D eigenvalue weighted by Gasteiger charge is -2.19. The molecule has 178 valence electrons. The summed E-state index contributed by atoms with van der Waals surface area (Å²) in [4.78, 5) is 37.9. The van der Waals surface area contributed by atoms with Crippen LogP contribution in [0.4, 0.5) is 4.79 Å². The maximum Gasteiger partial charge on any atom is 0.407 e. The first-order valence-corrected chi connectivity index (χ1v) is 12.1. The largest absolute Gasteiger partial charge is 0.481 e. The van der Waals surface area contributed by atoms with Crippen molar-refractivity contribution in [2.24, 2.45) is 11.8 Å². The number of nitrogens with one attached hydrogen (secondary N) is 1. The summed E-state index contributed by atoms with van der Waals surface area (Å²) in [5, 5.41) is 12.1. The number of aliphatic carboxylic acids is 1. The molecule has 1 unspecified atom stereocenters. The molecule has 2 fully saturated rings. The van der Waals surface area contributed by atoms with E-state index in [2.05, 4.69) is 29.6 Å². The molecule has 0 spiro atoms. The average Bonchev–Trinajstić information content (AvgIpc) is 3.56. The molecule has 2 aliphatic carbocycles. The van der Waals surface area contributed by atoms with Crippen molar-refractivity contribution in [1.82, 2.24) is 10.2 Å². The highest BCUT2D eigenvalue weighted by molar-refractivity contribution is 5.80. The van der Waals surface area contributed by atoms with Crippen LogP contribution in [0.2, 0.25) is 0 Å². The number of hydrogen-bond donors (Lipinski definition) is 2. The summed E-state index contributed by atoms with van der Waals surface area (Å²) in [6, 6.07) is 16.5. The minimum absolute atomic E-state index is 0.00111. The number of fused-ring (bicyclic) bond motifs is 3. The number of hydrogen-bond acceptors (Lipinski definition) is 4. The molecule has 1 heterocycles. The number of ether oxygens (including phenoxy) is 1.